The molecule has 0 saturated carbocycles. The molecular formula is C20H24Cl2N4O3S. The summed E-state index contributed by atoms with van der Waals surface area (Å²) in [4.78, 5) is 18.4. The Morgan fingerprint density at radius 3 is 2.53 bits per heavy atom. The third kappa shape index (κ3) is 6.31. The van der Waals surface area contributed by atoms with Crippen LogP contribution in [0.4, 0.5) is 5.82 Å². The molecule has 162 valence electrons. The van der Waals surface area contributed by atoms with E-state index in [-0.39, 0.29) is 24.6 Å². The molecule has 0 spiro atoms. The molecule has 7 nitrogen and oxygen atoms in total. The number of sulfonamides is 1. The first-order chi connectivity index (χ1) is 14.3. The van der Waals surface area contributed by atoms with Crippen molar-refractivity contribution < 1.29 is 13.2 Å². The molecule has 1 fully saturated rings. The number of carbonyl (C=O) groups excluding carboxylic acids is 1. The van der Waals surface area contributed by atoms with E-state index in [2.05, 4.69) is 15.2 Å². The average molecular weight is 471 g/mol. The van der Waals surface area contributed by atoms with Crippen molar-refractivity contribution in [3.8, 4) is 0 Å². The van der Waals surface area contributed by atoms with Gasteiger partial charge in [0.1, 0.15) is 5.82 Å². The van der Waals surface area contributed by atoms with E-state index in [0.717, 1.165) is 11.4 Å². The number of amides is 1. The smallest absolute Gasteiger partial charge is 0.220 e. The second kappa shape index (κ2) is 10.4. The molecule has 3 rings (SSSR count). The van der Waals surface area contributed by atoms with Crippen LogP contribution in [0.15, 0.2) is 42.6 Å². The number of hydrogen-bond acceptors (Lipinski definition) is 5. The summed E-state index contributed by atoms with van der Waals surface area (Å²) in [5.74, 6) is 0.517. The zero-order valence-corrected chi connectivity index (χ0v) is 18.8. The maximum atomic E-state index is 12.6. The van der Waals surface area contributed by atoms with Gasteiger partial charge in [-0.2, -0.15) is 4.31 Å². The molecule has 2 heterocycles. The second-order valence-electron chi connectivity index (χ2n) is 6.98. The van der Waals surface area contributed by atoms with Crippen LogP contribution in [0.1, 0.15) is 12.0 Å². The molecule has 1 aromatic carbocycles. The van der Waals surface area contributed by atoms with Crippen molar-refractivity contribution in [1.82, 2.24) is 14.6 Å². The molecule has 1 amide bonds. The minimum atomic E-state index is -3.43. The fraction of sp³-hybridized carbons (Fsp3) is 0.400. The van der Waals surface area contributed by atoms with Crippen LogP contribution in [-0.2, 0) is 21.2 Å². The maximum Gasteiger partial charge on any atom is 0.220 e. The number of rotatable bonds is 8. The largest absolute Gasteiger partial charge is 0.355 e. The summed E-state index contributed by atoms with van der Waals surface area (Å²) in [7, 11) is -3.43. The second-order valence-corrected chi connectivity index (χ2v) is 9.91. The Morgan fingerprint density at radius 2 is 1.87 bits per heavy atom. The highest BCUT2D eigenvalue weighted by Crippen LogP contribution is 2.22. The summed E-state index contributed by atoms with van der Waals surface area (Å²) in [6.45, 7) is 2.06. The van der Waals surface area contributed by atoms with Crippen molar-refractivity contribution in [3.05, 3.63) is 58.2 Å². The molecule has 1 N–H and O–H groups in total. The van der Waals surface area contributed by atoms with Gasteiger partial charge in [0, 0.05) is 55.4 Å². The summed E-state index contributed by atoms with van der Waals surface area (Å²) < 4.78 is 26.6. The zero-order valence-electron chi connectivity index (χ0n) is 16.4. The molecule has 1 saturated heterocycles. The molecule has 2 aromatic rings. The van der Waals surface area contributed by atoms with Gasteiger partial charge >= 0.3 is 0 Å². The Bertz CT molecular complexity index is 965. The summed E-state index contributed by atoms with van der Waals surface area (Å²) in [6.07, 6.45) is 2.41. The Morgan fingerprint density at radius 1 is 1.10 bits per heavy atom. The molecule has 30 heavy (non-hydrogen) atoms. The number of anilines is 1. The molecule has 1 aliphatic heterocycles. The monoisotopic (exact) mass is 470 g/mol. The minimum Gasteiger partial charge on any atom is -0.355 e. The Balaban J connectivity index is 1.40. The lowest BCUT2D eigenvalue weighted by atomic mass is 10.1. The highest BCUT2D eigenvalue weighted by molar-refractivity contribution is 7.89. The fourth-order valence-corrected chi connectivity index (χ4v) is 5.09. The van der Waals surface area contributed by atoms with Gasteiger partial charge in [-0.1, -0.05) is 35.3 Å². The quantitative estimate of drug-likeness (QED) is 0.640. The van der Waals surface area contributed by atoms with Crippen molar-refractivity contribution in [2.75, 3.05) is 43.4 Å². The first-order valence-electron chi connectivity index (χ1n) is 9.69. The molecule has 1 aliphatic rings. The lowest BCUT2D eigenvalue weighted by molar-refractivity contribution is -0.120. The minimum absolute atomic E-state index is 0.0793. The first kappa shape index (κ1) is 22.8. The highest BCUT2D eigenvalue weighted by Gasteiger charge is 2.27. The maximum absolute atomic E-state index is 12.6. The fourth-order valence-electron chi connectivity index (χ4n) is 3.25. The molecule has 1 aromatic heterocycles. The van der Waals surface area contributed by atoms with Crippen LogP contribution >= 0.6 is 23.2 Å². The molecule has 0 aliphatic carbocycles. The number of piperazine rings is 1. The van der Waals surface area contributed by atoms with E-state index < -0.39 is 10.0 Å². The van der Waals surface area contributed by atoms with Crippen molar-refractivity contribution >= 4 is 45.0 Å². The Labute approximate surface area is 187 Å². The van der Waals surface area contributed by atoms with Crippen molar-refractivity contribution in [3.63, 3.8) is 0 Å². The van der Waals surface area contributed by atoms with Crippen LogP contribution in [0.5, 0.6) is 0 Å². The summed E-state index contributed by atoms with van der Waals surface area (Å²) in [5, 5.41) is 3.74. The van der Waals surface area contributed by atoms with Gasteiger partial charge in [0.15, 0.2) is 0 Å². The van der Waals surface area contributed by atoms with E-state index in [1.807, 2.05) is 18.2 Å². The van der Waals surface area contributed by atoms with Crippen LogP contribution in [0.25, 0.3) is 0 Å². The predicted molar refractivity (Wildman–Crippen MR) is 120 cm³/mol. The van der Waals surface area contributed by atoms with Crippen LogP contribution < -0.4 is 10.2 Å². The lowest BCUT2D eigenvalue weighted by Crippen LogP contribution is -2.50. The number of nitrogens with zero attached hydrogens (tertiary/aromatic N) is 3. The van der Waals surface area contributed by atoms with Crippen LogP contribution in [0.3, 0.4) is 0 Å². The zero-order chi connectivity index (χ0) is 21.6. The van der Waals surface area contributed by atoms with Gasteiger partial charge in [-0.3, -0.25) is 4.79 Å². The average Bonchev–Trinajstić information content (AvgIpc) is 2.74. The standard InChI is InChI=1S/C20H24Cl2N4O3S/c21-17-6-4-16(18(22)15-17)5-7-20(27)24-9-14-30(28,29)26-12-10-25(11-13-26)19-3-1-2-8-23-19/h1-4,6,8,15H,5,7,9-14H2,(H,24,27). The van der Waals surface area contributed by atoms with Gasteiger partial charge in [-0.15, -0.1) is 0 Å². The van der Waals surface area contributed by atoms with E-state index >= 15 is 0 Å². The summed E-state index contributed by atoms with van der Waals surface area (Å²) >= 11 is 12.0. The molecule has 0 bridgehead atoms. The van der Waals surface area contributed by atoms with Gasteiger partial charge in [0.2, 0.25) is 15.9 Å². The van der Waals surface area contributed by atoms with Crippen molar-refractivity contribution in [2.45, 2.75) is 12.8 Å². The summed E-state index contributed by atoms with van der Waals surface area (Å²) in [6, 6.07) is 10.8. The predicted octanol–water partition coefficient (Wildman–Crippen LogP) is 2.59. The van der Waals surface area contributed by atoms with E-state index in [1.54, 1.807) is 24.4 Å². The van der Waals surface area contributed by atoms with Gasteiger partial charge in [-0.05, 0) is 36.2 Å². The number of benzene rings is 1. The summed E-state index contributed by atoms with van der Waals surface area (Å²) in [5.41, 5.74) is 0.828. The van der Waals surface area contributed by atoms with Crippen molar-refractivity contribution in [2.24, 2.45) is 0 Å². The van der Waals surface area contributed by atoms with Crippen molar-refractivity contribution in [1.29, 1.82) is 0 Å². The Hall–Kier alpha value is -1.87. The molecule has 10 heteroatoms. The molecule has 0 radical (unpaired) electrons. The van der Waals surface area contributed by atoms with E-state index in [1.165, 1.54) is 4.31 Å². The highest BCUT2D eigenvalue weighted by atomic mass is 35.5. The Kier molecular flexibility index (Phi) is 7.93. The SMILES string of the molecule is O=C(CCc1ccc(Cl)cc1Cl)NCCS(=O)(=O)N1CCN(c2ccccn2)CC1. The van der Waals surface area contributed by atoms with Crippen LogP contribution in [0, 0.1) is 0 Å². The molecular weight excluding hydrogens is 447 g/mol. The van der Waals surface area contributed by atoms with Crippen LogP contribution in [-0.4, -0.2) is 62.1 Å². The van der Waals surface area contributed by atoms with E-state index in [9.17, 15) is 13.2 Å². The number of carbonyl (C=O) groups is 1. The first-order valence-corrected chi connectivity index (χ1v) is 12.1. The van der Waals surface area contributed by atoms with Crippen LogP contribution in [0.2, 0.25) is 10.0 Å². The molecule has 0 atom stereocenters. The number of nitrogens with one attached hydrogen (secondary N) is 1. The van der Waals surface area contributed by atoms with Gasteiger partial charge in [0.05, 0.1) is 5.75 Å². The lowest BCUT2D eigenvalue weighted by Gasteiger charge is -2.34. The van der Waals surface area contributed by atoms with Gasteiger partial charge in [-0.25, -0.2) is 13.4 Å². The number of hydrogen-bond donors (Lipinski definition) is 1. The topological polar surface area (TPSA) is 82.6 Å². The number of pyridine rings is 1. The van der Waals surface area contributed by atoms with E-state index in [4.69, 9.17) is 23.2 Å². The number of aryl methyl sites for hydroxylation is 1. The molecule has 0 unspecified atom stereocenters. The number of aromatic nitrogens is 1. The third-order valence-corrected chi connectivity index (χ3v) is 7.38. The number of halogens is 2. The van der Waals surface area contributed by atoms with Gasteiger partial charge in [0.25, 0.3) is 0 Å². The van der Waals surface area contributed by atoms with E-state index in [0.29, 0.717) is 42.6 Å². The normalized spacial score (nSPS) is 15.2. The third-order valence-electron chi connectivity index (χ3n) is 4.92. The van der Waals surface area contributed by atoms with Gasteiger partial charge < -0.3 is 10.2 Å².